The fraction of sp³-hybridized carbons (Fsp3) is 0.200. The van der Waals surface area contributed by atoms with E-state index in [2.05, 4.69) is 5.16 Å². The van der Waals surface area contributed by atoms with E-state index in [1.165, 1.54) is 18.2 Å². The van der Waals surface area contributed by atoms with Crippen LogP contribution < -0.4 is 4.74 Å². The number of hydrogen-bond acceptors (Lipinski definition) is 4. The third kappa shape index (κ3) is 5.26. The van der Waals surface area contributed by atoms with Crippen molar-refractivity contribution in [3.05, 3.63) is 100 Å². The van der Waals surface area contributed by atoms with Gasteiger partial charge in [0.1, 0.15) is 11.6 Å². The smallest absolute Gasteiger partial charge is 0.254 e. The summed E-state index contributed by atoms with van der Waals surface area (Å²) >= 11 is 6.12. The number of carbonyl (C=O) groups excluding carboxylic acids is 1. The van der Waals surface area contributed by atoms with Crippen molar-refractivity contribution in [2.24, 2.45) is 5.16 Å². The van der Waals surface area contributed by atoms with Crippen molar-refractivity contribution < 1.29 is 18.8 Å². The Labute approximate surface area is 191 Å². The second-order valence-corrected chi connectivity index (χ2v) is 7.96. The lowest BCUT2D eigenvalue weighted by Crippen LogP contribution is -2.37. The summed E-state index contributed by atoms with van der Waals surface area (Å²) in [6.07, 6.45) is 0.234. The predicted octanol–water partition coefficient (Wildman–Crippen LogP) is 5.32. The van der Waals surface area contributed by atoms with Gasteiger partial charge in [0.05, 0.1) is 19.4 Å². The van der Waals surface area contributed by atoms with E-state index in [1.54, 1.807) is 24.1 Å². The molecule has 0 radical (unpaired) electrons. The van der Waals surface area contributed by atoms with E-state index in [0.717, 1.165) is 22.6 Å². The summed E-state index contributed by atoms with van der Waals surface area (Å²) in [5.41, 5.74) is 2.89. The SMILES string of the molecule is COc1ccc(C2=NOC(CN(Cc3cccc(Cl)c3)C(=O)c3cccc(F)c3)C2)cc1. The molecule has 0 fully saturated rings. The number of oxime groups is 1. The molecule has 0 spiro atoms. The third-order valence-corrected chi connectivity index (χ3v) is 5.44. The molecule has 0 saturated carbocycles. The second kappa shape index (κ2) is 9.83. The van der Waals surface area contributed by atoms with E-state index < -0.39 is 5.82 Å². The molecule has 3 aromatic rings. The molecule has 32 heavy (non-hydrogen) atoms. The summed E-state index contributed by atoms with van der Waals surface area (Å²) in [5.74, 6) is 0.0185. The van der Waals surface area contributed by atoms with Crippen LogP contribution in [-0.2, 0) is 11.4 Å². The Morgan fingerprint density at radius 2 is 1.94 bits per heavy atom. The Morgan fingerprint density at radius 1 is 1.16 bits per heavy atom. The van der Waals surface area contributed by atoms with E-state index in [1.807, 2.05) is 42.5 Å². The lowest BCUT2D eigenvalue weighted by Gasteiger charge is -2.25. The highest BCUT2D eigenvalue weighted by molar-refractivity contribution is 6.30. The van der Waals surface area contributed by atoms with Gasteiger partial charge in [0.25, 0.3) is 5.91 Å². The van der Waals surface area contributed by atoms with Crippen LogP contribution in [-0.4, -0.2) is 36.3 Å². The molecule has 3 aromatic carbocycles. The molecule has 164 valence electrons. The van der Waals surface area contributed by atoms with Crippen molar-refractivity contribution in [2.45, 2.75) is 19.1 Å². The van der Waals surface area contributed by atoms with Crippen molar-refractivity contribution in [3.8, 4) is 5.75 Å². The molecule has 1 atom stereocenters. The van der Waals surface area contributed by atoms with E-state index in [4.69, 9.17) is 21.2 Å². The number of amides is 1. The van der Waals surface area contributed by atoms with Crippen LogP contribution in [0.3, 0.4) is 0 Å². The molecule has 0 aliphatic carbocycles. The van der Waals surface area contributed by atoms with Gasteiger partial charge in [-0.15, -0.1) is 0 Å². The molecule has 7 heteroatoms. The Bertz CT molecular complexity index is 1130. The van der Waals surface area contributed by atoms with E-state index >= 15 is 0 Å². The minimum atomic E-state index is -0.458. The monoisotopic (exact) mass is 452 g/mol. The zero-order valence-electron chi connectivity index (χ0n) is 17.5. The predicted molar refractivity (Wildman–Crippen MR) is 122 cm³/mol. The maximum atomic E-state index is 13.7. The molecule has 0 bridgehead atoms. The fourth-order valence-corrected chi connectivity index (χ4v) is 3.82. The standard InChI is InChI=1S/C25H22ClFN2O3/c1-31-22-10-8-18(9-11-22)24-14-23(32-28-24)16-29(15-17-4-2-6-20(26)12-17)25(30)19-5-3-7-21(27)13-19/h2-13,23H,14-16H2,1H3. The Balaban J connectivity index is 1.50. The highest BCUT2D eigenvalue weighted by Crippen LogP contribution is 2.22. The normalized spacial score (nSPS) is 15.1. The molecule has 0 N–H and O–H groups in total. The molecule has 1 aliphatic rings. The Morgan fingerprint density at radius 3 is 2.66 bits per heavy atom. The van der Waals surface area contributed by atoms with Gasteiger partial charge >= 0.3 is 0 Å². The lowest BCUT2D eigenvalue weighted by atomic mass is 10.0. The van der Waals surface area contributed by atoms with Gasteiger partial charge < -0.3 is 14.5 Å². The van der Waals surface area contributed by atoms with Gasteiger partial charge in [-0.05, 0) is 65.7 Å². The van der Waals surface area contributed by atoms with Crippen LogP contribution in [0.4, 0.5) is 4.39 Å². The van der Waals surface area contributed by atoms with Gasteiger partial charge in [0, 0.05) is 23.6 Å². The first kappa shape index (κ1) is 21.8. The topological polar surface area (TPSA) is 51.1 Å². The first-order valence-electron chi connectivity index (χ1n) is 10.2. The van der Waals surface area contributed by atoms with Gasteiger partial charge in [0.15, 0.2) is 6.10 Å². The largest absolute Gasteiger partial charge is 0.497 e. The molecule has 1 amide bonds. The number of methoxy groups -OCH3 is 1. The maximum absolute atomic E-state index is 13.7. The highest BCUT2D eigenvalue weighted by Gasteiger charge is 2.27. The van der Waals surface area contributed by atoms with Gasteiger partial charge in [-0.25, -0.2) is 4.39 Å². The number of benzene rings is 3. The molecule has 0 aromatic heterocycles. The summed E-state index contributed by atoms with van der Waals surface area (Å²) in [5, 5.41) is 4.81. The zero-order valence-corrected chi connectivity index (χ0v) is 18.3. The number of carbonyl (C=O) groups is 1. The summed E-state index contributed by atoms with van der Waals surface area (Å²) in [7, 11) is 1.62. The first-order valence-corrected chi connectivity index (χ1v) is 10.6. The van der Waals surface area contributed by atoms with Crippen LogP contribution in [0.1, 0.15) is 27.9 Å². The minimum Gasteiger partial charge on any atom is -0.497 e. The number of ether oxygens (including phenoxy) is 1. The van der Waals surface area contributed by atoms with Crippen molar-refractivity contribution >= 4 is 23.2 Å². The Hall–Kier alpha value is -3.38. The summed E-state index contributed by atoms with van der Waals surface area (Å²) in [6, 6.07) is 20.6. The van der Waals surface area contributed by atoms with Crippen LogP contribution in [0.5, 0.6) is 5.75 Å². The molecule has 0 saturated heterocycles. The minimum absolute atomic E-state index is 0.279. The highest BCUT2D eigenvalue weighted by atomic mass is 35.5. The van der Waals surface area contributed by atoms with Gasteiger partial charge in [-0.2, -0.15) is 0 Å². The van der Waals surface area contributed by atoms with Gasteiger partial charge in [0.2, 0.25) is 0 Å². The third-order valence-electron chi connectivity index (χ3n) is 5.20. The average molecular weight is 453 g/mol. The van der Waals surface area contributed by atoms with Crippen LogP contribution in [0.2, 0.25) is 5.02 Å². The number of hydrogen-bond donors (Lipinski definition) is 0. The Kier molecular flexibility index (Phi) is 6.71. The van der Waals surface area contributed by atoms with Gasteiger partial charge in [-0.1, -0.05) is 35.0 Å². The van der Waals surface area contributed by atoms with Crippen molar-refractivity contribution in [3.63, 3.8) is 0 Å². The van der Waals surface area contributed by atoms with E-state index in [0.29, 0.717) is 24.5 Å². The maximum Gasteiger partial charge on any atom is 0.254 e. The summed E-state index contributed by atoms with van der Waals surface area (Å²) in [6.45, 7) is 0.610. The summed E-state index contributed by atoms with van der Waals surface area (Å²) < 4.78 is 18.9. The van der Waals surface area contributed by atoms with E-state index in [-0.39, 0.29) is 17.6 Å². The second-order valence-electron chi connectivity index (χ2n) is 7.52. The molecule has 1 aliphatic heterocycles. The molecular weight excluding hydrogens is 431 g/mol. The fourth-order valence-electron chi connectivity index (χ4n) is 3.61. The van der Waals surface area contributed by atoms with Crippen LogP contribution >= 0.6 is 11.6 Å². The quantitative estimate of drug-likeness (QED) is 0.487. The van der Waals surface area contributed by atoms with Crippen molar-refractivity contribution in [1.29, 1.82) is 0 Å². The number of halogens is 2. The molecular formula is C25H22ClFN2O3. The summed E-state index contributed by atoms with van der Waals surface area (Å²) in [4.78, 5) is 20.5. The first-order chi connectivity index (χ1) is 15.5. The van der Waals surface area contributed by atoms with E-state index in [9.17, 15) is 9.18 Å². The molecule has 5 nitrogen and oxygen atoms in total. The number of nitrogens with zero attached hydrogens (tertiary/aromatic N) is 2. The zero-order chi connectivity index (χ0) is 22.5. The molecule has 1 heterocycles. The molecule has 4 rings (SSSR count). The van der Waals surface area contributed by atoms with Crippen molar-refractivity contribution in [2.75, 3.05) is 13.7 Å². The lowest BCUT2D eigenvalue weighted by molar-refractivity contribution is 0.0405. The molecule has 1 unspecified atom stereocenters. The van der Waals surface area contributed by atoms with Crippen LogP contribution in [0, 0.1) is 5.82 Å². The van der Waals surface area contributed by atoms with Crippen LogP contribution in [0.25, 0.3) is 0 Å². The number of rotatable bonds is 7. The average Bonchev–Trinajstić information content (AvgIpc) is 3.27. The van der Waals surface area contributed by atoms with Crippen molar-refractivity contribution in [1.82, 2.24) is 4.90 Å². The van der Waals surface area contributed by atoms with Gasteiger partial charge in [-0.3, -0.25) is 4.79 Å². The van der Waals surface area contributed by atoms with Crippen LogP contribution in [0.15, 0.2) is 78.0 Å².